The first kappa shape index (κ1) is 22.1. The number of nitrogens with zero attached hydrogens (tertiary/aromatic N) is 2. The van der Waals surface area contributed by atoms with Crippen LogP contribution in [0.5, 0.6) is 0 Å². The second kappa shape index (κ2) is 10.4. The second-order valence-corrected chi connectivity index (χ2v) is 8.71. The van der Waals surface area contributed by atoms with Gasteiger partial charge in [-0.25, -0.2) is 8.42 Å². The Morgan fingerprint density at radius 2 is 1.81 bits per heavy atom. The highest BCUT2D eigenvalue weighted by atomic mass is 35.5. The highest BCUT2D eigenvalue weighted by Gasteiger charge is 2.37. The third-order valence-corrected chi connectivity index (χ3v) is 6.97. The van der Waals surface area contributed by atoms with E-state index in [0.29, 0.717) is 19.5 Å². The monoisotopic (exact) mass is 416 g/mol. The van der Waals surface area contributed by atoms with Crippen LogP contribution in [-0.2, 0) is 14.8 Å². The van der Waals surface area contributed by atoms with Gasteiger partial charge in [-0.3, -0.25) is 9.69 Å². The first-order valence-corrected chi connectivity index (χ1v) is 10.8. The molecule has 152 valence electrons. The van der Waals surface area contributed by atoms with Crippen LogP contribution in [0, 0.1) is 0 Å². The molecule has 2 aliphatic rings. The van der Waals surface area contributed by atoms with Gasteiger partial charge in [-0.2, -0.15) is 4.31 Å². The number of carbonyl (C=O) groups is 1. The van der Waals surface area contributed by atoms with Crippen molar-refractivity contribution in [2.75, 3.05) is 45.8 Å². The van der Waals surface area contributed by atoms with E-state index in [1.807, 2.05) is 0 Å². The minimum Gasteiger partial charge on any atom is -0.353 e. The normalized spacial score (nSPS) is 22.0. The van der Waals surface area contributed by atoms with Crippen molar-refractivity contribution in [3.63, 3.8) is 0 Å². The number of hydrogen-bond donors (Lipinski definition) is 2. The fourth-order valence-corrected chi connectivity index (χ4v) is 5.25. The summed E-state index contributed by atoms with van der Waals surface area (Å²) in [5.41, 5.74) is 0. The summed E-state index contributed by atoms with van der Waals surface area (Å²) >= 11 is 0. The quantitative estimate of drug-likeness (QED) is 0.712. The molecule has 0 aromatic heterocycles. The minimum absolute atomic E-state index is 0. The van der Waals surface area contributed by atoms with E-state index in [1.165, 1.54) is 4.31 Å². The topological polar surface area (TPSA) is 81.8 Å². The molecule has 2 N–H and O–H groups in total. The van der Waals surface area contributed by atoms with Crippen molar-refractivity contribution in [3.8, 4) is 0 Å². The van der Waals surface area contributed by atoms with Gasteiger partial charge in [-0.15, -0.1) is 12.4 Å². The van der Waals surface area contributed by atoms with Crippen molar-refractivity contribution in [3.05, 3.63) is 30.3 Å². The predicted octanol–water partition coefficient (Wildman–Crippen LogP) is 0.673. The Bertz CT molecular complexity index is 696. The number of piperidine rings is 1. The van der Waals surface area contributed by atoms with Gasteiger partial charge in [0.05, 0.1) is 4.90 Å². The zero-order valence-corrected chi connectivity index (χ0v) is 17.1. The number of rotatable bonds is 6. The van der Waals surface area contributed by atoms with Gasteiger partial charge in [-0.1, -0.05) is 24.6 Å². The molecule has 27 heavy (non-hydrogen) atoms. The average molecular weight is 417 g/mol. The van der Waals surface area contributed by atoms with Gasteiger partial charge >= 0.3 is 0 Å². The van der Waals surface area contributed by atoms with E-state index in [9.17, 15) is 13.2 Å². The fourth-order valence-electron chi connectivity index (χ4n) is 3.57. The average Bonchev–Trinajstić information content (AvgIpc) is 2.69. The summed E-state index contributed by atoms with van der Waals surface area (Å²) in [5.74, 6) is -0.181. The second-order valence-electron chi connectivity index (χ2n) is 6.82. The predicted molar refractivity (Wildman–Crippen MR) is 108 cm³/mol. The lowest BCUT2D eigenvalue weighted by atomic mass is 10.0. The number of hydrogen-bond acceptors (Lipinski definition) is 5. The summed E-state index contributed by atoms with van der Waals surface area (Å²) in [5, 5.41) is 6.25. The molecule has 2 heterocycles. The lowest BCUT2D eigenvalue weighted by molar-refractivity contribution is -0.125. The molecule has 1 amide bonds. The largest absolute Gasteiger partial charge is 0.353 e. The summed E-state index contributed by atoms with van der Waals surface area (Å²) in [7, 11) is -3.65. The highest BCUT2D eigenvalue weighted by Crippen LogP contribution is 2.25. The van der Waals surface area contributed by atoms with Gasteiger partial charge in [-0.05, 0) is 25.0 Å². The van der Waals surface area contributed by atoms with Crippen molar-refractivity contribution < 1.29 is 13.2 Å². The first-order valence-electron chi connectivity index (χ1n) is 9.37. The molecule has 2 fully saturated rings. The number of sulfonamides is 1. The number of amides is 1. The summed E-state index contributed by atoms with van der Waals surface area (Å²) in [4.78, 5) is 15.2. The summed E-state index contributed by atoms with van der Waals surface area (Å²) in [6.45, 7) is 5.65. The fraction of sp³-hybridized carbons (Fsp3) is 0.611. The van der Waals surface area contributed by atoms with E-state index < -0.39 is 16.1 Å². The van der Waals surface area contributed by atoms with Crippen LogP contribution in [0.1, 0.15) is 19.3 Å². The number of nitrogens with one attached hydrogen (secondary N) is 2. The first-order chi connectivity index (χ1) is 12.6. The van der Waals surface area contributed by atoms with Crippen LogP contribution in [0.3, 0.4) is 0 Å². The number of piperazine rings is 1. The van der Waals surface area contributed by atoms with Crippen LogP contribution in [0.15, 0.2) is 35.2 Å². The van der Waals surface area contributed by atoms with Crippen molar-refractivity contribution in [1.82, 2.24) is 19.8 Å². The van der Waals surface area contributed by atoms with Gasteiger partial charge in [0.15, 0.2) is 0 Å². The Labute approximate surface area is 167 Å². The third-order valence-electron chi connectivity index (χ3n) is 5.04. The zero-order valence-electron chi connectivity index (χ0n) is 15.5. The van der Waals surface area contributed by atoms with Crippen LogP contribution >= 0.6 is 12.4 Å². The van der Waals surface area contributed by atoms with Gasteiger partial charge in [0.25, 0.3) is 0 Å². The molecule has 9 heteroatoms. The summed E-state index contributed by atoms with van der Waals surface area (Å²) < 4.78 is 27.3. The Balaban J connectivity index is 0.00000261. The van der Waals surface area contributed by atoms with Crippen molar-refractivity contribution in [2.24, 2.45) is 0 Å². The lowest BCUT2D eigenvalue weighted by Gasteiger charge is -2.34. The molecule has 1 unspecified atom stereocenters. The highest BCUT2D eigenvalue weighted by molar-refractivity contribution is 7.89. The van der Waals surface area contributed by atoms with E-state index in [0.717, 1.165) is 45.6 Å². The minimum atomic E-state index is -3.65. The van der Waals surface area contributed by atoms with E-state index in [4.69, 9.17) is 0 Å². The van der Waals surface area contributed by atoms with Crippen LogP contribution in [0.25, 0.3) is 0 Å². The molecule has 0 radical (unpaired) electrons. The molecular formula is C18H29ClN4O3S. The van der Waals surface area contributed by atoms with E-state index in [-0.39, 0.29) is 23.2 Å². The van der Waals surface area contributed by atoms with Crippen molar-refractivity contribution in [1.29, 1.82) is 0 Å². The maximum absolute atomic E-state index is 13.0. The summed E-state index contributed by atoms with van der Waals surface area (Å²) in [6, 6.07) is 7.76. The standard InChI is InChI=1S/C18H28N4O3S.ClH/c23-18(20-11-15-21-13-9-19-10-14-21)17-8-4-5-12-22(17)26(24,25)16-6-2-1-3-7-16;/h1-3,6-7,17,19H,4-5,8-15H2,(H,20,23);1H. The number of halogens is 1. The molecule has 2 saturated heterocycles. The van der Waals surface area contributed by atoms with Gasteiger partial charge in [0.1, 0.15) is 6.04 Å². The van der Waals surface area contributed by atoms with Crippen LogP contribution in [-0.4, -0.2) is 75.4 Å². The van der Waals surface area contributed by atoms with Crippen LogP contribution in [0.2, 0.25) is 0 Å². The summed E-state index contributed by atoms with van der Waals surface area (Å²) in [6.07, 6.45) is 2.23. The van der Waals surface area contributed by atoms with Crippen LogP contribution < -0.4 is 10.6 Å². The zero-order chi connectivity index (χ0) is 18.4. The Kier molecular flexibility index (Phi) is 8.50. The van der Waals surface area contributed by atoms with Gasteiger partial charge in [0, 0.05) is 45.8 Å². The molecule has 0 aliphatic carbocycles. The Morgan fingerprint density at radius 1 is 1.11 bits per heavy atom. The molecule has 0 bridgehead atoms. The Hall–Kier alpha value is -1.19. The molecule has 7 nitrogen and oxygen atoms in total. The number of carbonyl (C=O) groups excluding carboxylic acids is 1. The molecule has 1 atom stereocenters. The van der Waals surface area contributed by atoms with Crippen LogP contribution in [0.4, 0.5) is 0 Å². The molecule has 1 aromatic carbocycles. The maximum atomic E-state index is 13.0. The lowest BCUT2D eigenvalue weighted by Crippen LogP contribution is -2.53. The van der Waals surface area contributed by atoms with Gasteiger partial charge < -0.3 is 10.6 Å². The molecule has 0 saturated carbocycles. The van der Waals surface area contributed by atoms with E-state index >= 15 is 0 Å². The molecule has 0 spiro atoms. The SMILES string of the molecule is Cl.O=C(NCCN1CCNCC1)C1CCCCN1S(=O)(=O)c1ccccc1. The van der Waals surface area contributed by atoms with Crippen molar-refractivity contribution >= 4 is 28.3 Å². The Morgan fingerprint density at radius 3 is 2.52 bits per heavy atom. The maximum Gasteiger partial charge on any atom is 0.243 e. The molecule has 3 rings (SSSR count). The molecular weight excluding hydrogens is 388 g/mol. The third kappa shape index (κ3) is 5.65. The smallest absolute Gasteiger partial charge is 0.243 e. The molecule has 2 aliphatic heterocycles. The molecule has 1 aromatic rings. The van der Waals surface area contributed by atoms with E-state index in [1.54, 1.807) is 30.3 Å². The van der Waals surface area contributed by atoms with Gasteiger partial charge in [0.2, 0.25) is 15.9 Å². The van der Waals surface area contributed by atoms with Crippen molar-refractivity contribution in [2.45, 2.75) is 30.2 Å². The number of benzene rings is 1. The van der Waals surface area contributed by atoms with E-state index in [2.05, 4.69) is 15.5 Å².